The normalized spacial score (nSPS) is 14.2. The van der Waals surface area contributed by atoms with Crippen molar-refractivity contribution in [3.05, 3.63) is 59.4 Å². The molecule has 0 amide bonds. The number of pyridine rings is 1. The standard InChI is InChI=1S/C18H23N3/c1-14-3-5-15(6-4-14)13-21(2)18-9-10-19-11-16(18)12-20-17-7-8-17/h3-6,9-11,17,20H,7-8,12-13H2,1-2H3. The number of rotatable bonds is 6. The van der Waals surface area contributed by atoms with Crippen LogP contribution in [-0.4, -0.2) is 18.1 Å². The lowest BCUT2D eigenvalue weighted by Gasteiger charge is -2.22. The molecule has 0 spiro atoms. The zero-order chi connectivity index (χ0) is 14.7. The van der Waals surface area contributed by atoms with Crippen molar-refractivity contribution in [2.45, 2.75) is 38.9 Å². The highest BCUT2D eigenvalue weighted by atomic mass is 15.1. The van der Waals surface area contributed by atoms with E-state index in [9.17, 15) is 0 Å². The van der Waals surface area contributed by atoms with E-state index in [2.05, 4.69) is 59.5 Å². The number of benzene rings is 1. The molecule has 1 aromatic heterocycles. The Morgan fingerprint density at radius 3 is 2.67 bits per heavy atom. The van der Waals surface area contributed by atoms with Gasteiger partial charge in [-0.15, -0.1) is 0 Å². The predicted molar refractivity (Wildman–Crippen MR) is 87.4 cm³/mol. The van der Waals surface area contributed by atoms with Crippen molar-refractivity contribution in [3.8, 4) is 0 Å². The Hall–Kier alpha value is -1.87. The summed E-state index contributed by atoms with van der Waals surface area (Å²) in [5.41, 5.74) is 5.18. The number of anilines is 1. The predicted octanol–water partition coefficient (Wildman–Crippen LogP) is 3.28. The van der Waals surface area contributed by atoms with Crippen LogP contribution >= 0.6 is 0 Å². The molecule has 21 heavy (non-hydrogen) atoms. The first-order chi connectivity index (χ1) is 10.2. The van der Waals surface area contributed by atoms with Crippen LogP contribution < -0.4 is 10.2 Å². The SMILES string of the molecule is Cc1ccc(CN(C)c2ccncc2CNC2CC2)cc1. The maximum Gasteiger partial charge on any atom is 0.0443 e. The second kappa shape index (κ2) is 6.27. The van der Waals surface area contributed by atoms with Gasteiger partial charge in [0.2, 0.25) is 0 Å². The van der Waals surface area contributed by atoms with Crippen LogP contribution in [-0.2, 0) is 13.1 Å². The smallest absolute Gasteiger partial charge is 0.0443 e. The van der Waals surface area contributed by atoms with E-state index in [1.54, 1.807) is 0 Å². The maximum absolute atomic E-state index is 4.28. The summed E-state index contributed by atoms with van der Waals surface area (Å²) in [7, 11) is 2.15. The van der Waals surface area contributed by atoms with Crippen LogP contribution in [0, 0.1) is 6.92 Å². The molecule has 1 aliphatic carbocycles. The fraction of sp³-hybridized carbons (Fsp3) is 0.389. The summed E-state index contributed by atoms with van der Waals surface area (Å²) in [5.74, 6) is 0. The van der Waals surface area contributed by atoms with Crippen LogP contribution in [0.5, 0.6) is 0 Å². The van der Waals surface area contributed by atoms with Crippen LogP contribution in [0.3, 0.4) is 0 Å². The summed E-state index contributed by atoms with van der Waals surface area (Å²) in [6.45, 7) is 3.95. The van der Waals surface area contributed by atoms with Gasteiger partial charge in [-0.05, 0) is 31.4 Å². The lowest BCUT2D eigenvalue weighted by molar-refractivity contribution is 0.683. The van der Waals surface area contributed by atoms with E-state index in [0.29, 0.717) is 0 Å². The largest absolute Gasteiger partial charge is 0.370 e. The van der Waals surface area contributed by atoms with Crippen molar-refractivity contribution in [3.63, 3.8) is 0 Å². The minimum Gasteiger partial charge on any atom is -0.370 e. The van der Waals surface area contributed by atoms with E-state index < -0.39 is 0 Å². The van der Waals surface area contributed by atoms with Crippen molar-refractivity contribution >= 4 is 5.69 Å². The highest BCUT2D eigenvalue weighted by molar-refractivity contribution is 5.52. The van der Waals surface area contributed by atoms with Crippen molar-refractivity contribution in [2.24, 2.45) is 0 Å². The van der Waals surface area contributed by atoms with Gasteiger partial charge in [0.1, 0.15) is 0 Å². The molecule has 3 nitrogen and oxygen atoms in total. The Labute approximate surface area is 127 Å². The summed E-state index contributed by atoms with van der Waals surface area (Å²) in [6, 6.07) is 11.6. The zero-order valence-electron chi connectivity index (χ0n) is 12.8. The Kier molecular flexibility index (Phi) is 4.20. The first-order valence-corrected chi connectivity index (χ1v) is 7.65. The molecular formula is C18H23N3. The van der Waals surface area contributed by atoms with Gasteiger partial charge in [0, 0.05) is 49.8 Å². The van der Waals surface area contributed by atoms with Crippen molar-refractivity contribution in [1.82, 2.24) is 10.3 Å². The minimum absolute atomic E-state index is 0.723. The molecular weight excluding hydrogens is 258 g/mol. The number of aromatic nitrogens is 1. The summed E-state index contributed by atoms with van der Waals surface area (Å²) in [5, 5.41) is 3.57. The zero-order valence-corrected chi connectivity index (χ0v) is 12.8. The van der Waals surface area contributed by atoms with Gasteiger partial charge in [0.15, 0.2) is 0 Å². The number of nitrogens with one attached hydrogen (secondary N) is 1. The average Bonchev–Trinajstić information content (AvgIpc) is 3.32. The highest BCUT2D eigenvalue weighted by Crippen LogP contribution is 2.23. The second-order valence-corrected chi connectivity index (χ2v) is 6.00. The van der Waals surface area contributed by atoms with Crippen LogP contribution in [0.25, 0.3) is 0 Å². The molecule has 0 saturated heterocycles. The summed E-state index contributed by atoms with van der Waals surface area (Å²) in [6.07, 6.45) is 6.49. The van der Waals surface area contributed by atoms with Crippen molar-refractivity contribution < 1.29 is 0 Å². The molecule has 1 heterocycles. The average molecular weight is 281 g/mol. The first-order valence-electron chi connectivity index (χ1n) is 7.65. The van der Waals surface area contributed by atoms with Crippen molar-refractivity contribution in [1.29, 1.82) is 0 Å². The minimum atomic E-state index is 0.723. The lowest BCUT2D eigenvalue weighted by atomic mass is 10.1. The second-order valence-electron chi connectivity index (χ2n) is 6.00. The molecule has 1 saturated carbocycles. The van der Waals surface area contributed by atoms with E-state index in [4.69, 9.17) is 0 Å². The molecule has 3 rings (SSSR count). The van der Waals surface area contributed by atoms with E-state index in [-0.39, 0.29) is 0 Å². The Balaban J connectivity index is 1.70. The molecule has 2 aromatic rings. The van der Waals surface area contributed by atoms with Crippen LogP contribution in [0.4, 0.5) is 5.69 Å². The van der Waals surface area contributed by atoms with E-state index in [0.717, 1.165) is 19.1 Å². The van der Waals surface area contributed by atoms with Gasteiger partial charge >= 0.3 is 0 Å². The molecule has 1 fully saturated rings. The van der Waals surface area contributed by atoms with Crippen molar-refractivity contribution in [2.75, 3.05) is 11.9 Å². The lowest BCUT2D eigenvalue weighted by Crippen LogP contribution is -2.21. The Bertz CT molecular complexity index is 588. The Morgan fingerprint density at radius 1 is 1.19 bits per heavy atom. The quantitative estimate of drug-likeness (QED) is 0.880. The molecule has 0 unspecified atom stereocenters. The van der Waals surface area contributed by atoms with Gasteiger partial charge < -0.3 is 10.2 Å². The molecule has 0 atom stereocenters. The third-order valence-electron chi connectivity index (χ3n) is 3.99. The molecule has 0 radical (unpaired) electrons. The third-order valence-corrected chi connectivity index (χ3v) is 3.99. The molecule has 0 aliphatic heterocycles. The van der Waals surface area contributed by atoms with Crippen LogP contribution in [0.15, 0.2) is 42.7 Å². The van der Waals surface area contributed by atoms with Gasteiger partial charge in [0.25, 0.3) is 0 Å². The van der Waals surface area contributed by atoms with E-state index in [1.165, 1.54) is 35.2 Å². The van der Waals surface area contributed by atoms with Gasteiger partial charge in [-0.1, -0.05) is 29.8 Å². The maximum atomic E-state index is 4.28. The number of hydrogen-bond acceptors (Lipinski definition) is 3. The van der Waals surface area contributed by atoms with Crippen LogP contribution in [0.2, 0.25) is 0 Å². The molecule has 110 valence electrons. The fourth-order valence-corrected chi connectivity index (χ4v) is 2.52. The molecule has 1 aliphatic rings. The topological polar surface area (TPSA) is 28.2 Å². The van der Waals surface area contributed by atoms with Gasteiger partial charge in [-0.25, -0.2) is 0 Å². The third kappa shape index (κ3) is 3.82. The number of nitrogens with zero attached hydrogens (tertiary/aromatic N) is 2. The number of aryl methyl sites for hydroxylation is 1. The van der Waals surface area contributed by atoms with E-state index >= 15 is 0 Å². The first kappa shape index (κ1) is 14.1. The monoisotopic (exact) mass is 281 g/mol. The number of hydrogen-bond donors (Lipinski definition) is 1. The Morgan fingerprint density at radius 2 is 1.95 bits per heavy atom. The highest BCUT2D eigenvalue weighted by Gasteiger charge is 2.20. The van der Waals surface area contributed by atoms with Gasteiger partial charge in [-0.2, -0.15) is 0 Å². The molecule has 1 N–H and O–H groups in total. The molecule has 3 heteroatoms. The van der Waals surface area contributed by atoms with E-state index in [1.807, 2.05) is 12.4 Å². The molecule has 0 bridgehead atoms. The fourth-order valence-electron chi connectivity index (χ4n) is 2.52. The summed E-state index contributed by atoms with van der Waals surface area (Å²) >= 11 is 0. The summed E-state index contributed by atoms with van der Waals surface area (Å²) in [4.78, 5) is 6.58. The van der Waals surface area contributed by atoms with Gasteiger partial charge in [0.05, 0.1) is 0 Å². The summed E-state index contributed by atoms with van der Waals surface area (Å²) < 4.78 is 0. The molecule has 1 aromatic carbocycles. The van der Waals surface area contributed by atoms with Gasteiger partial charge in [-0.3, -0.25) is 4.98 Å². The van der Waals surface area contributed by atoms with Crippen LogP contribution in [0.1, 0.15) is 29.5 Å².